The van der Waals surface area contributed by atoms with Gasteiger partial charge in [-0.05, 0) is 0 Å². The van der Waals surface area contributed by atoms with Gasteiger partial charge >= 0.3 is 209 Å². The second kappa shape index (κ2) is 10.2. The summed E-state index contributed by atoms with van der Waals surface area (Å²) < 4.78 is 0.848. The van der Waals surface area contributed by atoms with Crippen molar-refractivity contribution < 1.29 is 12.4 Å². The maximum atomic E-state index is 8.40. The van der Waals surface area contributed by atoms with Gasteiger partial charge in [-0.2, -0.15) is 0 Å². The molecule has 4 rings (SSSR count). The molecule has 0 radical (unpaired) electrons. The van der Waals surface area contributed by atoms with Crippen LogP contribution in [-0.2, 0) is 12.4 Å². The summed E-state index contributed by atoms with van der Waals surface area (Å²) >= 11 is -4.02. The van der Waals surface area contributed by atoms with Crippen LogP contribution in [0.4, 0.5) is 0 Å². The molecule has 0 aliphatic heterocycles. The normalized spacial score (nSPS) is 27.3. The van der Waals surface area contributed by atoms with E-state index < -0.39 is 19.1 Å². The molecule has 0 saturated heterocycles. The zero-order valence-corrected chi connectivity index (χ0v) is 25.3. The quantitative estimate of drug-likeness (QED) is 0.261. The van der Waals surface area contributed by atoms with E-state index in [0.717, 1.165) is 0 Å². The van der Waals surface area contributed by atoms with Crippen molar-refractivity contribution >= 4 is 25.3 Å². The molecule has 4 aliphatic carbocycles. The molecule has 4 heteroatoms. The van der Waals surface area contributed by atoms with Gasteiger partial charge in [0.15, 0.2) is 0 Å². The second-order valence-electron chi connectivity index (χ2n) is 11.4. The minimum atomic E-state index is -4.02. The molecular weight excluding hydrogens is 483 g/mol. The Kier molecular flexibility index (Phi) is 8.16. The molecule has 2 atom stereocenters. The van der Waals surface area contributed by atoms with Crippen molar-refractivity contribution in [1.82, 2.24) is 0 Å². The molecule has 2 unspecified atom stereocenters. The Morgan fingerprint density at radius 3 is 1.53 bits per heavy atom. The standard InChI is InChI=1S/2C13H19.C2H7Si.2ClH.Ti/c2*1-2-3-6-11-9-12-7-4-5-8-13(12)10-11;1-3-2;;;/h2*9-10H,2-8H2,1H3;3H,1-2H3;2*1H;/q;;;;;+2/p-2. The molecule has 179 valence electrons. The van der Waals surface area contributed by atoms with Crippen molar-refractivity contribution in [1.29, 1.82) is 0 Å². The van der Waals surface area contributed by atoms with E-state index in [1.807, 2.05) is 0 Å². The van der Waals surface area contributed by atoms with Crippen molar-refractivity contribution in [3.8, 4) is 0 Å². The number of unbranched alkanes of at least 4 members (excludes halogenated alkanes) is 2. The van der Waals surface area contributed by atoms with Crippen LogP contribution in [0, 0.1) is 0 Å². The minimum absolute atomic E-state index is 0.424. The maximum absolute atomic E-state index is 8.40. The van der Waals surface area contributed by atoms with E-state index in [1.54, 1.807) is 33.4 Å². The third-order valence-corrected chi connectivity index (χ3v) is 44.5. The Hall–Kier alpha value is 0.471. The van der Waals surface area contributed by atoms with Gasteiger partial charge in [0.2, 0.25) is 0 Å². The topological polar surface area (TPSA) is 0 Å². The molecule has 0 aromatic rings. The summed E-state index contributed by atoms with van der Waals surface area (Å²) in [4.78, 5) is 0. The molecule has 0 aromatic heterocycles. The average molecular weight is 529 g/mol. The molecular formula is C28H45Cl2SiTi. The van der Waals surface area contributed by atoms with E-state index in [9.17, 15) is 0 Å². The van der Waals surface area contributed by atoms with Gasteiger partial charge in [0, 0.05) is 0 Å². The number of allylic oxidation sites excluding steroid dienone is 8. The fourth-order valence-corrected chi connectivity index (χ4v) is 29.4. The van der Waals surface area contributed by atoms with Gasteiger partial charge in [-0.1, -0.05) is 0 Å². The summed E-state index contributed by atoms with van der Waals surface area (Å²) in [6.07, 6.45) is 23.1. The first kappa shape index (κ1) is 25.6. The van der Waals surface area contributed by atoms with Crippen LogP contribution in [-0.4, -0.2) is 6.66 Å². The molecule has 0 amide bonds. The van der Waals surface area contributed by atoms with Crippen molar-refractivity contribution in [3.05, 3.63) is 45.6 Å². The zero-order valence-electron chi connectivity index (χ0n) is 21.0. The first-order valence-electron chi connectivity index (χ1n) is 13.7. The fourth-order valence-electron chi connectivity index (χ4n) is 7.36. The van der Waals surface area contributed by atoms with Crippen LogP contribution in [0.15, 0.2) is 45.6 Å². The molecule has 0 bridgehead atoms. The van der Waals surface area contributed by atoms with Gasteiger partial charge in [0.05, 0.1) is 0 Å². The molecule has 0 nitrogen and oxygen atoms in total. The van der Waals surface area contributed by atoms with Crippen LogP contribution >= 0.6 is 18.6 Å². The predicted molar refractivity (Wildman–Crippen MR) is 144 cm³/mol. The molecule has 4 aliphatic rings. The van der Waals surface area contributed by atoms with Gasteiger partial charge in [0.25, 0.3) is 0 Å². The molecule has 0 fully saturated rings. The summed E-state index contributed by atoms with van der Waals surface area (Å²) in [5, 5.41) is 0. The Bertz CT molecular complexity index is 797. The first-order chi connectivity index (χ1) is 15.3. The van der Waals surface area contributed by atoms with E-state index in [-0.39, 0.29) is 0 Å². The van der Waals surface area contributed by atoms with E-state index in [4.69, 9.17) is 18.6 Å². The van der Waals surface area contributed by atoms with Crippen molar-refractivity contribution in [3.63, 3.8) is 0 Å². The van der Waals surface area contributed by atoms with Crippen LogP contribution in [0.5, 0.6) is 0 Å². The SMILES string of the molecule is CCCCC1=CC2=C(CCCC2)[CH]1[Ti]([Cl])([Cl])([CH]1C(CCCC)=CC2=C1CCCC2)[SiH](C)C. The van der Waals surface area contributed by atoms with E-state index in [0.29, 0.717) is 8.45 Å². The van der Waals surface area contributed by atoms with Crippen LogP contribution in [0.25, 0.3) is 0 Å². The Balaban J connectivity index is 1.86. The summed E-state index contributed by atoms with van der Waals surface area (Å²) in [7, 11) is 16.8. The summed E-state index contributed by atoms with van der Waals surface area (Å²) in [5.41, 5.74) is 10.0. The third kappa shape index (κ3) is 4.30. The number of hydrogen-bond donors (Lipinski definition) is 0. The van der Waals surface area contributed by atoms with Crippen molar-refractivity contribution in [2.24, 2.45) is 0 Å². The molecule has 0 heterocycles. The van der Waals surface area contributed by atoms with Gasteiger partial charge < -0.3 is 0 Å². The van der Waals surface area contributed by atoms with Crippen molar-refractivity contribution in [2.45, 2.75) is 125 Å². The van der Waals surface area contributed by atoms with Gasteiger partial charge in [-0.3, -0.25) is 0 Å². The molecule has 32 heavy (non-hydrogen) atoms. The predicted octanol–water partition coefficient (Wildman–Crippen LogP) is 10.5. The van der Waals surface area contributed by atoms with Gasteiger partial charge in [-0.25, -0.2) is 0 Å². The van der Waals surface area contributed by atoms with Gasteiger partial charge in [0.1, 0.15) is 0 Å². The fraction of sp³-hybridized carbons (Fsp3) is 0.714. The molecule has 0 spiro atoms. The second-order valence-corrected chi connectivity index (χ2v) is 40.7. The number of rotatable bonds is 9. The Morgan fingerprint density at radius 1 is 0.750 bits per heavy atom. The molecule has 0 saturated carbocycles. The summed E-state index contributed by atoms with van der Waals surface area (Å²) in [6.45, 7) is 8.36. The Labute approximate surface area is 207 Å². The van der Waals surface area contributed by atoms with Crippen LogP contribution in [0.1, 0.15) is 104 Å². The monoisotopic (exact) mass is 527 g/mol. The van der Waals surface area contributed by atoms with Gasteiger partial charge in [-0.15, -0.1) is 0 Å². The number of halogens is 2. The van der Waals surface area contributed by atoms with E-state index in [2.05, 4.69) is 39.1 Å². The van der Waals surface area contributed by atoms with Crippen LogP contribution in [0.3, 0.4) is 0 Å². The third-order valence-electron chi connectivity index (χ3n) is 9.11. The van der Waals surface area contributed by atoms with E-state index in [1.165, 1.54) is 89.9 Å². The summed E-state index contributed by atoms with van der Waals surface area (Å²) in [6, 6.07) is 0. The molecule has 0 N–H and O–H groups in total. The Morgan fingerprint density at radius 2 is 1.16 bits per heavy atom. The van der Waals surface area contributed by atoms with Crippen LogP contribution in [0.2, 0.25) is 21.5 Å². The average Bonchev–Trinajstić information content (AvgIpc) is 3.35. The zero-order chi connectivity index (χ0) is 23.0. The van der Waals surface area contributed by atoms with Crippen molar-refractivity contribution in [2.75, 3.05) is 0 Å². The number of hydrogen-bond acceptors (Lipinski definition) is 0. The van der Waals surface area contributed by atoms with E-state index >= 15 is 0 Å². The first-order valence-corrected chi connectivity index (χ1v) is 25.4. The molecule has 0 aromatic carbocycles. The van der Waals surface area contributed by atoms with Crippen LogP contribution < -0.4 is 0 Å². The summed E-state index contributed by atoms with van der Waals surface area (Å²) in [5.74, 6) is 0.